The van der Waals surface area contributed by atoms with Crippen molar-refractivity contribution in [3.05, 3.63) is 11.6 Å². The third-order valence-corrected chi connectivity index (χ3v) is 2.28. The third kappa shape index (κ3) is 8.48. The van der Waals surface area contributed by atoms with E-state index in [1.165, 1.54) is 0 Å². The van der Waals surface area contributed by atoms with Gasteiger partial charge in [-0.2, -0.15) is 0 Å². The summed E-state index contributed by atoms with van der Waals surface area (Å²) < 4.78 is 9.43. The van der Waals surface area contributed by atoms with Crippen LogP contribution in [0.25, 0.3) is 0 Å². The zero-order valence-electron chi connectivity index (χ0n) is 11.0. The summed E-state index contributed by atoms with van der Waals surface area (Å²) in [4.78, 5) is 22.2. The van der Waals surface area contributed by atoms with E-state index in [4.69, 9.17) is 4.74 Å². The number of esters is 2. The van der Waals surface area contributed by atoms with Crippen LogP contribution >= 0.6 is 0 Å². The maximum Gasteiger partial charge on any atom is 0.336 e. The summed E-state index contributed by atoms with van der Waals surface area (Å²) in [5.74, 6) is -0.798. The molecule has 0 atom stereocenters. The summed E-state index contributed by atoms with van der Waals surface area (Å²) in [7, 11) is 0. The maximum absolute atomic E-state index is 11.4. The van der Waals surface area contributed by atoms with Gasteiger partial charge in [0.2, 0.25) is 6.79 Å². The van der Waals surface area contributed by atoms with Gasteiger partial charge < -0.3 is 9.47 Å². The summed E-state index contributed by atoms with van der Waals surface area (Å²) in [6, 6.07) is 0. The molecule has 0 unspecified atom stereocenters. The average molecular weight is 242 g/mol. The lowest BCUT2D eigenvalue weighted by molar-refractivity contribution is -0.164. The van der Waals surface area contributed by atoms with Crippen LogP contribution in [0.4, 0.5) is 0 Å². The third-order valence-electron chi connectivity index (χ3n) is 2.28. The van der Waals surface area contributed by atoms with E-state index in [0.29, 0.717) is 5.57 Å². The van der Waals surface area contributed by atoms with Crippen molar-refractivity contribution in [1.82, 2.24) is 0 Å². The van der Waals surface area contributed by atoms with Gasteiger partial charge in [-0.15, -0.1) is 0 Å². The molecule has 0 aromatic heterocycles. The summed E-state index contributed by atoms with van der Waals surface area (Å²) in [6.45, 7) is 5.22. The van der Waals surface area contributed by atoms with Crippen LogP contribution in [0.3, 0.4) is 0 Å². The smallest absolute Gasteiger partial charge is 0.336 e. The summed E-state index contributed by atoms with van der Waals surface area (Å²) >= 11 is 0. The molecule has 0 aromatic carbocycles. The van der Waals surface area contributed by atoms with Gasteiger partial charge in [-0.05, 0) is 19.8 Å². The zero-order chi connectivity index (χ0) is 13.1. The Bertz CT molecular complexity index is 269. The van der Waals surface area contributed by atoms with Gasteiger partial charge >= 0.3 is 11.9 Å². The minimum atomic E-state index is -0.426. The highest BCUT2D eigenvalue weighted by molar-refractivity contribution is 5.87. The van der Waals surface area contributed by atoms with E-state index in [-0.39, 0.29) is 19.2 Å². The average Bonchev–Trinajstić information content (AvgIpc) is 2.33. The quantitative estimate of drug-likeness (QED) is 0.284. The highest BCUT2D eigenvalue weighted by Crippen LogP contribution is 2.04. The number of ether oxygens (including phenoxy) is 2. The molecular weight excluding hydrogens is 220 g/mol. The molecule has 4 nitrogen and oxygen atoms in total. The van der Waals surface area contributed by atoms with Crippen LogP contribution in [0.15, 0.2) is 11.6 Å². The second kappa shape index (κ2) is 9.87. The summed E-state index contributed by atoms with van der Waals surface area (Å²) in [5, 5.41) is 0. The Morgan fingerprint density at radius 3 is 2.41 bits per heavy atom. The van der Waals surface area contributed by atoms with E-state index < -0.39 is 5.97 Å². The highest BCUT2D eigenvalue weighted by Gasteiger charge is 2.06. The monoisotopic (exact) mass is 242 g/mol. The van der Waals surface area contributed by atoms with E-state index in [9.17, 15) is 9.59 Å². The molecule has 0 bridgehead atoms. The Labute approximate surface area is 103 Å². The molecule has 98 valence electrons. The second-order valence-corrected chi connectivity index (χ2v) is 3.80. The molecule has 0 aliphatic rings. The van der Waals surface area contributed by atoms with Crippen LogP contribution in [0.5, 0.6) is 0 Å². The fourth-order valence-electron chi connectivity index (χ4n) is 1.16. The zero-order valence-corrected chi connectivity index (χ0v) is 11.0. The van der Waals surface area contributed by atoms with E-state index in [1.54, 1.807) is 13.8 Å². The Hall–Kier alpha value is -1.32. The van der Waals surface area contributed by atoms with Crippen LogP contribution in [0, 0.1) is 0 Å². The fourth-order valence-corrected chi connectivity index (χ4v) is 1.16. The molecule has 4 heteroatoms. The van der Waals surface area contributed by atoms with E-state index in [0.717, 1.165) is 25.7 Å². The first-order valence-corrected chi connectivity index (χ1v) is 6.11. The van der Waals surface area contributed by atoms with Crippen LogP contribution in [0.1, 0.15) is 52.9 Å². The minimum absolute atomic E-state index is 0.281. The van der Waals surface area contributed by atoms with Crippen LogP contribution in [-0.4, -0.2) is 18.7 Å². The first-order valence-electron chi connectivity index (χ1n) is 6.11. The molecule has 0 saturated carbocycles. The van der Waals surface area contributed by atoms with Crippen molar-refractivity contribution in [3.8, 4) is 0 Å². The molecular formula is C13H22O4. The van der Waals surface area contributed by atoms with Crippen molar-refractivity contribution < 1.29 is 19.1 Å². The molecule has 0 N–H and O–H groups in total. The number of carbonyl (C=O) groups is 2. The molecule has 0 aromatic rings. The Morgan fingerprint density at radius 2 is 1.82 bits per heavy atom. The van der Waals surface area contributed by atoms with Gasteiger partial charge in [0.1, 0.15) is 0 Å². The predicted octanol–water partition coefficient (Wildman–Crippen LogP) is 2.97. The highest BCUT2D eigenvalue weighted by atomic mass is 16.7. The number of unbranched alkanes of at least 4 members (excludes halogenated alkanes) is 3. The molecule has 0 aliphatic carbocycles. The Morgan fingerprint density at radius 1 is 1.12 bits per heavy atom. The van der Waals surface area contributed by atoms with Crippen LogP contribution in [0.2, 0.25) is 0 Å². The normalized spacial score (nSPS) is 11.1. The predicted molar refractivity (Wildman–Crippen MR) is 65.2 cm³/mol. The van der Waals surface area contributed by atoms with Gasteiger partial charge in [0.25, 0.3) is 0 Å². The standard InChI is InChI=1S/C13H22O4/c1-4-6-7-8-9-11(3)13(15)17-10-16-12(14)5-2/h9H,4-8,10H2,1-3H3. The van der Waals surface area contributed by atoms with Gasteiger partial charge in [0.15, 0.2) is 0 Å². The fraction of sp³-hybridized carbons (Fsp3) is 0.692. The first-order chi connectivity index (χ1) is 8.11. The van der Waals surface area contributed by atoms with Gasteiger partial charge in [0, 0.05) is 12.0 Å². The minimum Gasteiger partial charge on any atom is -0.428 e. The summed E-state index contributed by atoms with van der Waals surface area (Å²) in [6.07, 6.45) is 6.41. The summed E-state index contributed by atoms with van der Waals surface area (Å²) in [5.41, 5.74) is 0.564. The van der Waals surface area contributed by atoms with E-state index in [1.807, 2.05) is 6.08 Å². The lowest BCUT2D eigenvalue weighted by atomic mass is 10.1. The molecule has 0 heterocycles. The molecule has 17 heavy (non-hydrogen) atoms. The van der Waals surface area contributed by atoms with Crippen molar-refractivity contribution >= 4 is 11.9 Å². The van der Waals surface area contributed by atoms with Crippen molar-refractivity contribution in [2.45, 2.75) is 52.9 Å². The maximum atomic E-state index is 11.4. The Kier molecular flexibility index (Phi) is 9.11. The van der Waals surface area contributed by atoms with Gasteiger partial charge in [0.05, 0.1) is 0 Å². The number of hydrogen-bond donors (Lipinski definition) is 0. The topological polar surface area (TPSA) is 52.6 Å². The molecule has 0 radical (unpaired) electrons. The van der Waals surface area contributed by atoms with Crippen molar-refractivity contribution in [2.75, 3.05) is 6.79 Å². The molecule has 0 spiro atoms. The van der Waals surface area contributed by atoms with E-state index in [2.05, 4.69) is 11.7 Å². The molecule has 0 rings (SSSR count). The number of allylic oxidation sites excluding steroid dienone is 1. The lowest BCUT2D eigenvalue weighted by Crippen LogP contribution is -2.12. The number of carbonyl (C=O) groups excluding carboxylic acids is 2. The van der Waals surface area contributed by atoms with Gasteiger partial charge in [-0.1, -0.05) is 32.8 Å². The van der Waals surface area contributed by atoms with Crippen molar-refractivity contribution in [1.29, 1.82) is 0 Å². The van der Waals surface area contributed by atoms with Crippen molar-refractivity contribution in [3.63, 3.8) is 0 Å². The molecule has 0 saturated heterocycles. The first kappa shape index (κ1) is 15.7. The number of rotatable bonds is 8. The second-order valence-electron chi connectivity index (χ2n) is 3.80. The molecule has 0 aliphatic heterocycles. The Balaban J connectivity index is 3.77. The molecule has 0 fully saturated rings. The number of hydrogen-bond acceptors (Lipinski definition) is 4. The van der Waals surface area contributed by atoms with Gasteiger partial charge in [-0.3, -0.25) is 4.79 Å². The largest absolute Gasteiger partial charge is 0.428 e. The van der Waals surface area contributed by atoms with Crippen LogP contribution in [-0.2, 0) is 19.1 Å². The van der Waals surface area contributed by atoms with Crippen molar-refractivity contribution in [2.24, 2.45) is 0 Å². The van der Waals surface area contributed by atoms with Gasteiger partial charge in [-0.25, -0.2) is 4.79 Å². The SMILES string of the molecule is CCCCCC=C(C)C(=O)OCOC(=O)CC. The lowest BCUT2D eigenvalue weighted by Gasteiger charge is -2.05. The molecule has 0 amide bonds. The van der Waals surface area contributed by atoms with E-state index >= 15 is 0 Å². The van der Waals surface area contributed by atoms with Crippen LogP contribution < -0.4 is 0 Å².